The number of benzene rings is 1. The number of aromatic amines is 1. The van der Waals surface area contributed by atoms with E-state index in [1.165, 1.54) is 24.4 Å². The third-order valence-electron chi connectivity index (χ3n) is 2.17. The van der Waals surface area contributed by atoms with Crippen molar-refractivity contribution in [3.63, 3.8) is 0 Å². The van der Waals surface area contributed by atoms with Gasteiger partial charge in [0.2, 0.25) is 0 Å². The van der Waals surface area contributed by atoms with E-state index in [-0.39, 0.29) is 16.9 Å². The van der Waals surface area contributed by atoms with E-state index in [9.17, 15) is 13.6 Å². The Balaban J connectivity index is 2.49. The van der Waals surface area contributed by atoms with Gasteiger partial charge in [0.1, 0.15) is 10.3 Å². The molecule has 1 N–H and O–H groups in total. The van der Waals surface area contributed by atoms with Gasteiger partial charge in [-0.3, -0.25) is 4.79 Å². The second-order valence-corrected chi connectivity index (χ2v) is 4.19. The van der Waals surface area contributed by atoms with Crippen LogP contribution < -0.4 is 5.56 Å². The van der Waals surface area contributed by atoms with Crippen LogP contribution >= 0.6 is 15.9 Å². The Labute approximate surface area is 104 Å². The molecule has 0 radical (unpaired) electrons. The molecule has 3 nitrogen and oxygen atoms in total. The molecule has 17 heavy (non-hydrogen) atoms. The van der Waals surface area contributed by atoms with Gasteiger partial charge in [-0.2, -0.15) is 0 Å². The molecule has 2 rings (SSSR count). The molecule has 1 heterocycles. The van der Waals surface area contributed by atoms with Crippen molar-refractivity contribution in [1.82, 2.24) is 9.97 Å². The number of aromatic nitrogens is 2. The highest BCUT2D eigenvalue weighted by Gasteiger charge is 2.09. The standard InChI is InChI=1S/C11H7BrF2N2O/c12-8-5-15-10(16-11(8)17)7-3-1-2-6(4-7)9(13)14/h1-5,9H,(H,15,16,17). The Hall–Kier alpha value is -1.56. The topological polar surface area (TPSA) is 45.8 Å². The summed E-state index contributed by atoms with van der Waals surface area (Å²) in [6, 6.07) is 5.74. The predicted molar refractivity (Wildman–Crippen MR) is 63.0 cm³/mol. The van der Waals surface area contributed by atoms with Gasteiger partial charge >= 0.3 is 0 Å². The maximum absolute atomic E-state index is 12.5. The Kier molecular flexibility index (Phi) is 3.33. The maximum atomic E-state index is 12.5. The second-order valence-electron chi connectivity index (χ2n) is 3.34. The molecule has 1 aromatic heterocycles. The van der Waals surface area contributed by atoms with Gasteiger partial charge < -0.3 is 4.98 Å². The first-order chi connectivity index (χ1) is 8.08. The van der Waals surface area contributed by atoms with Gasteiger partial charge in [0.25, 0.3) is 12.0 Å². The van der Waals surface area contributed by atoms with Crippen molar-refractivity contribution in [2.75, 3.05) is 0 Å². The number of hydrogen-bond acceptors (Lipinski definition) is 2. The highest BCUT2D eigenvalue weighted by Crippen LogP contribution is 2.23. The van der Waals surface area contributed by atoms with Crippen molar-refractivity contribution < 1.29 is 8.78 Å². The average molecular weight is 301 g/mol. The van der Waals surface area contributed by atoms with Gasteiger partial charge in [0, 0.05) is 17.3 Å². The van der Waals surface area contributed by atoms with Crippen LogP contribution in [0, 0.1) is 0 Å². The lowest BCUT2D eigenvalue weighted by molar-refractivity contribution is 0.151. The van der Waals surface area contributed by atoms with Crippen molar-refractivity contribution in [2.45, 2.75) is 6.43 Å². The van der Waals surface area contributed by atoms with E-state index in [2.05, 4.69) is 25.9 Å². The zero-order valence-corrected chi connectivity index (χ0v) is 10.0. The van der Waals surface area contributed by atoms with Crippen LogP contribution in [0.15, 0.2) is 39.7 Å². The SMILES string of the molecule is O=c1[nH]c(-c2cccc(C(F)F)c2)ncc1Br. The zero-order chi connectivity index (χ0) is 12.4. The molecule has 0 saturated carbocycles. The van der Waals surface area contributed by atoms with Crippen molar-refractivity contribution in [3.05, 3.63) is 50.9 Å². The summed E-state index contributed by atoms with van der Waals surface area (Å²) < 4.78 is 25.3. The summed E-state index contributed by atoms with van der Waals surface area (Å²) in [5.74, 6) is 0.265. The molecule has 0 bridgehead atoms. The first kappa shape index (κ1) is 11.9. The van der Waals surface area contributed by atoms with Gasteiger partial charge in [-0.05, 0) is 22.0 Å². The average Bonchev–Trinajstić information content (AvgIpc) is 2.33. The first-order valence-corrected chi connectivity index (χ1v) is 5.50. The number of halogens is 3. The number of hydrogen-bond donors (Lipinski definition) is 1. The molecule has 0 aliphatic carbocycles. The molecule has 0 amide bonds. The van der Waals surface area contributed by atoms with Gasteiger partial charge in [-0.15, -0.1) is 0 Å². The molecule has 6 heteroatoms. The summed E-state index contributed by atoms with van der Waals surface area (Å²) in [5.41, 5.74) is -0.00193. The summed E-state index contributed by atoms with van der Waals surface area (Å²) >= 11 is 3.01. The smallest absolute Gasteiger partial charge is 0.265 e. The van der Waals surface area contributed by atoms with Crippen LogP contribution in [0.2, 0.25) is 0 Å². The van der Waals surface area contributed by atoms with Gasteiger partial charge in [-0.25, -0.2) is 13.8 Å². The third kappa shape index (κ3) is 2.58. The van der Waals surface area contributed by atoms with Crippen LogP contribution in [0.4, 0.5) is 8.78 Å². The minimum Gasteiger partial charge on any atom is -0.306 e. The van der Waals surface area contributed by atoms with E-state index in [0.29, 0.717) is 10.0 Å². The van der Waals surface area contributed by atoms with Crippen molar-refractivity contribution in [3.8, 4) is 11.4 Å². The van der Waals surface area contributed by atoms with E-state index < -0.39 is 6.43 Å². The molecule has 0 unspecified atom stereocenters. The van der Waals surface area contributed by atoms with Gasteiger partial charge in [0.15, 0.2) is 0 Å². The number of alkyl halides is 2. The van der Waals surface area contributed by atoms with Crippen LogP contribution in [0.3, 0.4) is 0 Å². The van der Waals surface area contributed by atoms with Gasteiger partial charge in [-0.1, -0.05) is 18.2 Å². The molecule has 0 spiro atoms. The highest BCUT2D eigenvalue weighted by molar-refractivity contribution is 9.10. The Morgan fingerprint density at radius 3 is 2.76 bits per heavy atom. The maximum Gasteiger partial charge on any atom is 0.265 e. The summed E-state index contributed by atoms with van der Waals surface area (Å²) in [5, 5.41) is 0. The summed E-state index contributed by atoms with van der Waals surface area (Å²) in [6.07, 6.45) is -1.21. The van der Waals surface area contributed by atoms with Crippen molar-refractivity contribution in [2.24, 2.45) is 0 Å². The normalized spacial score (nSPS) is 10.8. The molecular weight excluding hydrogens is 294 g/mol. The van der Waals surface area contributed by atoms with E-state index in [1.807, 2.05) is 0 Å². The molecule has 0 atom stereocenters. The molecule has 0 aliphatic heterocycles. The first-order valence-electron chi connectivity index (χ1n) is 4.71. The monoisotopic (exact) mass is 300 g/mol. The Morgan fingerprint density at radius 2 is 2.12 bits per heavy atom. The number of H-pyrrole nitrogens is 1. The minimum absolute atomic E-state index is 0.104. The molecular formula is C11H7BrF2N2O. The predicted octanol–water partition coefficient (Wildman–Crippen LogP) is 3.14. The van der Waals surface area contributed by atoms with Crippen molar-refractivity contribution >= 4 is 15.9 Å². The van der Waals surface area contributed by atoms with Crippen LogP contribution in [0.25, 0.3) is 11.4 Å². The minimum atomic E-state index is -2.54. The van der Waals surface area contributed by atoms with E-state index >= 15 is 0 Å². The lowest BCUT2D eigenvalue weighted by atomic mass is 10.1. The Morgan fingerprint density at radius 1 is 1.35 bits per heavy atom. The number of nitrogens with one attached hydrogen (secondary N) is 1. The van der Waals surface area contributed by atoms with Crippen LogP contribution in [0.1, 0.15) is 12.0 Å². The zero-order valence-electron chi connectivity index (χ0n) is 8.45. The highest BCUT2D eigenvalue weighted by atomic mass is 79.9. The molecule has 0 saturated heterocycles. The fourth-order valence-corrected chi connectivity index (χ4v) is 1.55. The van der Waals surface area contributed by atoms with Crippen LogP contribution in [-0.2, 0) is 0 Å². The summed E-state index contributed by atoms with van der Waals surface area (Å²) in [7, 11) is 0. The fourth-order valence-electron chi connectivity index (χ4n) is 1.35. The molecule has 0 fully saturated rings. The van der Waals surface area contributed by atoms with E-state index in [4.69, 9.17) is 0 Å². The molecule has 1 aromatic carbocycles. The third-order valence-corrected chi connectivity index (χ3v) is 2.73. The van der Waals surface area contributed by atoms with E-state index in [1.54, 1.807) is 6.07 Å². The van der Waals surface area contributed by atoms with E-state index in [0.717, 1.165) is 0 Å². The molecule has 0 aliphatic rings. The lowest BCUT2D eigenvalue weighted by Gasteiger charge is -2.03. The second kappa shape index (κ2) is 4.75. The molecule has 2 aromatic rings. The van der Waals surface area contributed by atoms with Crippen molar-refractivity contribution in [1.29, 1.82) is 0 Å². The number of nitrogens with zero attached hydrogens (tertiary/aromatic N) is 1. The lowest BCUT2D eigenvalue weighted by Crippen LogP contribution is -2.08. The fraction of sp³-hybridized carbons (Fsp3) is 0.0909. The quantitative estimate of drug-likeness (QED) is 0.926. The summed E-state index contributed by atoms with van der Waals surface area (Å²) in [6.45, 7) is 0. The largest absolute Gasteiger partial charge is 0.306 e. The molecule has 88 valence electrons. The Bertz CT molecular complexity index is 598. The summed E-state index contributed by atoms with van der Waals surface area (Å²) in [4.78, 5) is 17.8. The van der Waals surface area contributed by atoms with Crippen LogP contribution in [0.5, 0.6) is 0 Å². The van der Waals surface area contributed by atoms with Crippen LogP contribution in [-0.4, -0.2) is 9.97 Å². The van der Waals surface area contributed by atoms with Gasteiger partial charge in [0.05, 0.1) is 0 Å². The number of rotatable bonds is 2.